The van der Waals surface area contributed by atoms with E-state index in [-0.39, 0.29) is 0 Å². The van der Waals surface area contributed by atoms with Gasteiger partial charge >= 0.3 is 0 Å². The third kappa shape index (κ3) is 6.44. The lowest BCUT2D eigenvalue weighted by Gasteiger charge is -2.33. The van der Waals surface area contributed by atoms with E-state index in [1.807, 2.05) is 26.0 Å². The highest BCUT2D eigenvalue weighted by atomic mass is 16.5. The topological polar surface area (TPSA) is 52.2 Å². The number of ether oxygens (including phenoxy) is 4. The summed E-state index contributed by atoms with van der Waals surface area (Å²) in [7, 11) is 3.35. The summed E-state index contributed by atoms with van der Waals surface area (Å²) in [6.45, 7) is 8.49. The zero-order chi connectivity index (χ0) is 22.1. The van der Waals surface area contributed by atoms with Gasteiger partial charge in [-0.25, -0.2) is 0 Å². The van der Waals surface area contributed by atoms with Crippen LogP contribution in [0, 0.1) is 0 Å². The van der Waals surface area contributed by atoms with Gasteiger partial charge in [-0.1, -0.05) is 6.07 Å². The number of piperidine rings is 1. The van der Waals surface area contributed by atoms with E-state index in [9.17, 15) is 0 Å². The molecule has 1 fully saturated rings. The van der Waals surface area contributed by atoms with Crippen molar-refractivity contribution in [2.75, 3.05) is 52.4 Å². The van der Waals surface area contributed by atoms with Gasteiger partial charge in [0.2, 0.25) is 0 Å². The van der Waals surface area contributed by atoms with E-state index in [0.717, 1.165) is 67.6 Å². The maximum absolute atomic E-state index is 5.75. The predicted octanol–water partition coefficient (Wildman–Crippen LogP) is 4.62. The Morgan fingerprint density at radius 3 is 2.19 bits per heavy atom. The maximum atomic E-state index is 5.75. The molecule has 2 aromatic rings. The lowest BCUT2D eigenvalue weighted by molar-refractivity contribution is 0.221. The summed E-state index contributed by atoms with van der Waals surface area (Å²) in [5, 5.41) is 3.68. The molecule has 3 rings (SSSR count). The second-order valence-electron chi connectivity index (χ2n) is 7.73. The van der Waals surface area contributed by atoms with E-state index in [2.05, 4.69) is 34.5 Å². The standard InChI is InChI=1S/C25H36N2O4/c1-5-30-23-10-8-21(18-25(23)31-6-2)26-20-12-15-27(16-13-20)14-11-19-7-9-22(28-3)24(17-19)29-4/h7-10,17-18,20,26H,5-6,11-16H2,1-4H3. The number of hydrogen-bond acceptors (Lipinski definition) is 6. The summed E-state index contributed by atoms with van der Waals surface area (Å²) in [4.78, 5) is 2.54. The number of anilines is 1. The first kappa shape index (κ1) is 23.1. The minimum absolute atomic E-state index is 0.477. The van der Waals surface area contributed by atoms with Gasteiger partial charge in [0.25, 0.3) is 0 Å². The number of methoxy groups -OCH3 is 2. The molecule has 0 atom stereocenters. The smallest absolute Gasteiger partial charge is 0.163 e. The fourth-order valence-corrected chi connectivity index (χ4v) is 4.00. The van der Waals surface area contributed by atoms with Gasteiger partial charge in [0.05, 0.1) is 27.4 Å². The molecule has 0 saturated carbocycles. The molecule has 31 heavy (non-hydrogen) atoms. The Bertz CT molecular complexity index is 819. The maximum Gasteiger partial charge on any atom is 0.163 e. The highest BCUT2D eigenvalue weighted by molar-refractivity contribution is 5.55. The molecule has 2 aromatic carbocycles. The molecule has 0 bridgehead atoms. The van der Waals surface area contributed by atoms with Gasteiger partial charge in [-0.15, -0.1) is 0 Å². The van der Waals surface area contributed by atoms with Crippen LogP contribution in [0.15, 0.2) is 36.4 Å². The van der Waals surface area contributed by atoms with Gasteiger partial charge in [0, 0.05) is 37.4 Å². The largest absolute Gasteiger partial charge is 0.493 e. The van der Waals surface area contributed by atoms with E-state index < -0.39 is 0 Å². The Labute approximate surface area is 186 Å². The molecule has 1 N–H and O–H groups in total. The molecule has 0 amide bonds. The Morgan fingerprint density at radius 1 is 0.839 bits per heavy atom. The van der Waals surface area contributed by atoms with Crippen molar-refractivity contribution in [3.63, 3.8) is 0 Å². The molecular formula is C25H36N2O4. The molecule has 6 heteroatoms. The minimum atomic E-state index is 0.477. The van der Waals surface area contributed by atoms with Crippen LogP contribution in [-0.2, 0) is 6.42 Å². The Balaban J connectivity index is 1.48. The van der Waals surface area contributed by atoms with Crippen LogP contribution >= 0.6 is 0 Å². The van der Waals surface area contributed by atoms with Crippen LogP contribution in [0.3, 0.4) is 0 Å². The van der Waals surface area contributed by atoms with E-state index >= 15 is 0 Å². The van der Waals surface area contributed by atoms with Crippen LogP contribution in [0.4, 0.5) is 5.69 Å². The zero-order valence-corrected chi connectivity index (χ0v) is 19.3. The molecule has 0 spiro atoms. The number of nitrogens with zero attached hydrogens (tertiary/aromatic N) is 1. The summed E-state index contributed by atoms with van der Waals surface area (Å²) >= 11 is 0. The van der Waals surface area contributed by atoms with Crippen molar-refractivity contribution in [2.24, 2.45) is 0 Å². The third-order valence-electron chi connectivity index (χ3n) is 5.67. The molecule has 0 aliphatic carbocycles. The van der Waals surface area contributed by atoms with Crippen LogP contribution in [0.1, 0.15) is 32.3 Å². The SMILES string of the molecule is CCOc1ccc(NC2CCN(CCc3ccc(OC)c(OC)c3)CC2)cc1OCC. The average Bonchev–Trinajstić information content (AvgIpc) is 2.80. The van der Waals surface area contributed by atoms with E-state index in [4.69, 9.17) is 18.9 Å². The molecule has 1 aliphatic rings. The van der Waals surface area contributed by atoms with Gasteiger partial charge in [-0.3, -0.25) is 0 Å². The quantitative estimate of drug-likeness (QED) is 0.564. The lowest BCUT2D eigenvalue weighted by Crippen LogP contribution is -2.40. The van der Waals surface area contributed by atoms with Crippen molar-refractivity contribution >= 4 is 5.69 Å². The van der Waals surface area contributed by atoms with Crippen molar-refractivity contribution in [3.8, 4) is 23.0 Å². The van der Waals surface area contributed by atoms with E-state index in [0.29, 0.717) is 19.3 Å². The average molecular weight is 429 g/mol. The molecular weight excluding hydrogens is 392 g/mol. The first-order valence-electron chi connectivity index (χ1n) is 11.3. The zero-order valence-electron chi connectivity index (χ0n) is 19.3. The normalized spacial score (nSPS) is 14.8. The number of rotatable bonds is 11. The summed E-state index contributed by atoms with van der Waals surface area (Å²) in [5.74, 6) is 3.19. The van der Waals surface area contributed by atoms with E-state index in [1.54, 1.807) is 14.2 Å². The summed E-state index contributed by atoms with van der Waals surface area (Å²) < 4.78 is 22.2. The summed E-state index contributed by atoms with van der Waals surface area (Å²) in [6.07, 6.45) is 3.27. The number of likely N-dealkylation sites (tertiary alicyclic amines) is 1. The Kier molecular flexibility index (Phi) is 8.71. The van der Waals surface area contributed by atoms with Crippen LogP contribution < -0.4 is 24.3 Å². The van der Waals surface area contributed by atoms with Crippen molar-refractivity contribution in [3.05, 3.63) is 42.0 Å². The predicted molar refractivity (Wildman–Crippen MR) is 125 cm³/mol. The Hall–Kier alpha value is -2.60. The summed E-state index contributed by atoms with van der Waals surface area (Å²) in [5.41, 5.74) is 2.37. The second-order valence-corrected chi connectivity index (χ2v) is 7.73. The Morgan fingerprint density at radius 2 is 1.52 bits per heavy atom. The van der Waals surface area contributed by atoms with Crippen molar-refractivity contribution in [1.29, 1.82) is 0 Å². The van der Waals surface area contributed by atoms with Gasteiger partial charge in [0.1, 0.15) is 0 Å². The fourth-order valence-electron chi connectivity index (χ4n) is 4.00. The molecule has 6 nitrogen and oxygen atoms in total. The minimum Gasteiger partial charge on any atom is -0.493 e. The first-order valence-corrected chi connectivity index (χ1v) is 11.3. The molecule has 0 aromatic heterocycles. The monoisotopic (exact) mass is 428 g/mol. The molecule has 170 valence electrons. The first-order chi connectivity index (χ1) is 15.2. The molecule has 0 unspecified atom stereocenters. The summed E-state index contributed by atoms with van der Waals surface area (Å²) in [6, 6.07) is 12.8. The van der Waals surface area contributed by atoms with Crippen molar-refractivity contribution in [2.45, 2.75) is 39.2 Å². The molecule has 1 heterocycles. The highest BCUT2D eigenvalue weighted by Gasteiger charge is 2.19. The van der Waals surface area contributed by atoms with Gasteiger partial charge in [-0.05, 0) is 62.9 Å². The van der Waals surface area contributed by atoms with E-state index in [1.165, 1.54) is 5.56 Å². The van der Waals surface area contributed by atoms with Crippen LogP contribution in [0.25, 0.3) is 0 Å². The van der Waals surface area contributed by atoms with Gasteiger partial charge in [-0.2, -0.15) is 0 Å². The lowest BCUT2D eigenvalue weighted by atomic mass is 10.0. The van der Waals surface area contributed by atoms with Gasteiger partial charge in [0.15, 0.2) is 23.0 Å². The molecule has 0 radical (unpaired) electrons. The molecule has 1 saturated heterocycles. The van der Waals surface area contributed by atoms with Crippen molar-refractivity contribution in [1.82, 2.24) is 4.90 Å². The number of nitrogens with one attached hydrogen (secondary N) is 1. The van der Waals surface area contributed by atoms with Crippen LogP contribution in [-0.4, -0.2) is 58.0 Å². The second kappa shape index (κ2) is 11.7. The highest BCUT2D eigenvalue weighted by Crippen LogP contribution is 2.32. The number of benzene rings is 2. The van der Waals surface area contributed by atoms with Crippen molar-refractivity contribution < 1.29 is 18.9 Å². The third-order valence-corrected chi connectivity index (χ3v) is 5.67. The number of hydrogen-bond donors (Lipinski definition) is 1. The molecule has 1 aliphatic heterocycles. The van der Waals surface area contributed by atoms with Crippen LogP contribution in [0.5, 0.6) is 23.0 Å². The van der Waals surface area contributed by atoms with Gasteiger partial charge < -0.3 is 29.2 Å². The van der Waals surface area contributed by atoms with Crippen LogP contribution in [0.2, 0.25) is 0 Å². The fraction of sp³-hybridized carbons (Fsp3) is 0.520.